The van der Waals surface area contributed by atoms with Crippen molar-refractivity contribution in [3.05, 3.63) is 102 Å². The van der Waals surface area contributed by atoms with E-state index in [0.29, 0.717) is 25.2 Å². The normalized spacial score (nSPS) is 13.0. The van der Waals surface area contributed by atoms with Crippen molar-refractivity contribution in [2.24, 2.45) is 0 Å². The number of hydrogen-bond donors (Lipinski definition) is 4. The summed E-state index contributed by atoms with van der Waals surface area (Å²) in [5, 5.41) is 31.2. The fourth-order valence-corrected chi connectivity index (χ4v) is 5.15. The van der Waals surface area contributed by atoms with Gasteiger partial charge < -0.3 is 39.6 Å². The summed E-state index contributed by atoms with van der Waals surface area (Å²) < 4.78 is 13.1. The van der Waals surface area contributed by atoms with E-state index in [9.17, 15) is 14.7 Å². The molecule has 1 unspecified atom stereocenters. The average molecular weight is 588 g/mol. The van der Waals surface area contributed by atoms with Gasteiger partial charge in [0.15, 0.2) is 11.5 Å². The number of rotatable bonds is 11. The highest BCUT2D eigenvalue weighted by molar-refractivity contribution is 5.89. The molecule has 1 aliphatic rings. The zero-order valence-corrected chi connectivity index (χ0v) is 24.3. The fourth-order valence-electron chi connectivity index (χ4n) is 5.15. The van der Waals surface area contributed by atoms with E-state index >= 15 is 0 Å². The van der Waals surface area contributed by atoms with E-state index in [1.807, 2.05) is 18.2 Å². The van der Waals surface area contributed by atoms with Gasteiger partial charge in [0.2, 0.25) is 0 Å². The molecule has 226 valence electrons. The number of carbonyl (C=O) groups is 2. The number of hydrogen-bond acceptors (Lipinski definition) is 7. The number of carboxylic acids is 2. The molecular formula is C33H37N3O7. The van der Waals surface area contributed by atoms with Crippen molar-refractivity contribution in [1.29, 1.82) is 0 Å². The Hall–Kier alpha value is -4.80. The lowest BCUT2D eigenvalue weighted by Crippen LogP contribution is -2.38. The second kappa shape index (κ2) is 14.9. The van der Waals surface area contributed by atoms with Crippen LogP contribution in [0.3, 0.4) is 0 Å². The molecule has 0 saturated heterocycles. The zero-order valence-electron chi connectivity index (χ0n) is 24.3. The summed E-state index contributed by atoms with van der Waals surface area (Å²) in [7, 11) is 3.29. The first-order valence-electron chi connectivity index (χ1n) is 13.9. The Morgan fingerprint density at radius 2 is 1.60 bits per heavy atom. The van der Waals surface area contributed by atoms with Crippen molar-refractivity contribution in [1.82, 2.24) is 9.88 Å². The van der Waals surface area contributed by atoms with Crippen molar-refractivity contribution in [3.63, 3.8) is 0 Å². The zero-order chi connectivity index (χ0) is 30.8. The number of carboxylic acid groups (broad SMARTS) is 2. The lowest BCUT2D eigenvalue weighted by atomic mass is 10.1. The Labute approximate surface area is 250 Å². The number of para-hydroxylation sites is 2. The lowest BCUT2D eigenvalue weighted by Gasteiger charge is -2.27. The summed E-state index contributed by atoms with van der Waals surface area (Å²) in [5.74, 6) is -1.04. The van der Waals surface area contributed by atoms with Gasteiger partial charge in [-0.25, -0.2) is 9.59 Å². The van der Waals surface area contributed by atoms with Crippen LogP contribution in [0, 0.1) is 0 Å². The molecule has 0 aliphatic carbocycles. The quantitative estimate of drug-likeness (QED) is 0.152. The van der Waals surface area contributed by atoms with Crippen LogP contribution in [0.1, 0.15) is 16.8 Å². The second-order valence-electron chi connectivity index (χ2n) is 10.1. The topological polar surface area (TPSA) is 133 Å². The van der Waals surface area contributed by atoms with Crippen molar-refractivity contribution in [3.8, 4) is 11.5 Å². The summed E-state index contributed by atoms with van der Waals surface area (Å²) in [6, 6.07) is 25.4. The Morgan fingerprint density at radius 3 is 2.33 bits per heavy atom. The van der Waals surface area contributed by atoms with Crippen LogP contribution in [0.15, 0.2) is 84.9 Å². The number of β-amino-alcohol motifs (C(OH)–C–C–N with tert-alkyl or cyclic N) is 1. The van der Waals surface area contributed by atoms with Crippen molar-refractivity contribution < 1.29 is 34.4 Å². The van der Waals surface area contributed by atoms with Crippen molar-refractivity contribution in [2.75, 3.05) is 38.8 Å². The molecule has 4 aromatic rings. The van der Waals surface area contributed by atoms with Crippen LogP contribution < -0.4 is 19.7 Å². The summed E-state index contributed by atoms with van der Waals surface area (Å²) in [6.07, 6.45) is 1.48. The Bertz CT molecular complexity index is 1560. The molecule has 0 amide bonds. The third-order valence-electron chi connectivity index (χ3n) is 7.13. The Kier molecular flexibility index (Phi) is 10.8. The molecule has 4 N–H and O–H groups in total. The molecule has 5 rings (SSSR count). The highest BCUT2D eigenvalue weighted by Crippen LogP contribution is 2.31. The first kappa shape index (κ1) is 31.1. The van der Waals surface area contributed by atoms with Gasteiger partial charge in [-0.1, -0.05) is 42.5 Å². The maximum atomic E-state index is 10.9. The van der Waals surface area contributed by atoms with E-state index in [0.717, 1.165) is 37.6 Å². The molecule has 0 saturated carbocycles. The third-order valence-corrected chi connectivity index (χ3v) is 7.13. The number of benzene rings is 3. The van der Waals surface area contributed by atoms with Crippen molar-refractivity contribution >= 4 is 28.5 Å². The van der Waals surface area contributed by atoms with Crippen LogP contribution in [-0.2, 0) is 29.1 Å². The van der Waals surface area contributed by atoms with Gasteiger partial charge in [-0.2, -0.15) is 0 Å². The maximum absolute atomic E-state index is 10.9. The van der Waals surface area contributed by atoms with Crippen LogP contribution in [0.4, 0.5) is 5.69 Å². The first-order valence-corrected chi connectivity index (χ1v) is 13.9. The van der Waals surface area contributed by atoms with E-state index in [1.54, 1.807) is 14.2 Å². The Balaban J connectivity index is 0.000000467. The van der Waals surface area contributed by atoms with Gasteiger partial charge in [0.05, 0.1) is 26.9 Å². The molecule has 0 bridgehead atoms. The van der Waals surface area contributed by atoms with Gasteiger partial charge in [0, 0.05) is 48.7 Å². The monoisotopic (exact) mass is 587 g/mol. The van der Waals surface area contributed by atoms with Gasteiger partial charge in [-0.15, -0.1) is 0 Å². The Morgan fingerprint density at radius 1 is 0.907 bits per heavy atom. The molecule has 2 heterocycles. The van der Waals surface area contributed by atoms with E-state index in [1.165, 1.54) is 33.4 Å². The number of aromatic nitrogens is 1. The minimum atomic E-state index is -1.26. The summed E-state index contributed by atoms with van der Waals surface area (Å²) in [5.41, 5.74) is 6.18. The maximum Gasteiger partial charge on any atom is 0.328 e. The molecule has 0 fully saturated rings. The number of aliphatic hydroxyl groups excluding tert-OH is 1. The number of fused-ring (bicyclic) bond motifs is 4. The smallest absolute Gasteiger partial charge is 0.328 e. The molecule has 1 aromatic heterocycles. The van der Waals surface area contributed by atoms with Crippen LogP contribution in [0.2, 0.25) is 0 Å². The predicted molar refractivity (Wildman–Crippen MR) is 165 cm³/mol. The van der Waals surface area contributed by atoms with Crippen LogP contribution >= 0.6 is 0 Å². The standard InChI is InChI=1S/C29H33N3O3.C4H4O4/c1-34-28-12-11-21(15-29(28)35-2)13-14-30-17-25(33)20-31-19-24-16-22-7-3-6-10-27(22)32(24)18-23-8-4-5-9-26(23)31;5-3(6)1-2-4(7)8/h3-12,15-16,25,30,33H,13-14,17-20H2,1-2H3;1-2H,(H,5,6)(H,7,8). The number of aliphatic hydroxyl groups is 1. The van der Waals surface area contributed by atoms with Gasteiger partial charge in [-0.05, 0) is 59.8 Å². The number of nitrogens with zero attached hydrogens (tertiary/aromatic N) is 2. The van der Waals surface area contributed by atoms with Crippen molar-refractivity contribution in [2.45, 2.75) is 25.6 Å². The van der Waals surface area contributed by atoms with E-state index in [2.05, 4.69) is 69.4 Å². The molecule has 43 heavy (non-hydrogen) atoms. The molecule has 0 spiro atoms. The highest BCUT2D eigenvalue weighted by atomic mass is 16.5. The number of ether oxygens (including phenoxy) is 2. The summed E-state index contributed by atoms with van der Waals surface area (Å²) >= 11 is 0. The number of nitrogens with one attached hydrogen (secondary N) is 1. The van der Waals surface area contributed by atoms with E-state index in [-0.39, 0.29) is 0 Å². The van der Waals surface area contributed by atoms with Gasteiger partial charge in [0.25, 0.3) is 0 Å². The molecule has 3 aromatic carbocycles. The van der Waals surface area contributed by atoms with Gasteiger partial charge in [-0.3, -0.25) is 0 Å². The summed E-state index contributed by atoms with van der Waals surface area (Å²) in [6.45, 7) is 3.50. The predicted octanol–water partition coefficient (Wildman–Crippen LogP) is 3.93. The largest absolute Gasteiger partial charge is 0.493 e. The number of methoxy groups -OCH3 is 2. The number of aliphatic carboxylic acids is 2. The minimum Gasteiger partial charge on any atom is -0.493 e. The molecular weight excluding hydrogens is 550 g/mol. The van der Waals surface area contributed by atoms with E-state index in [4.69, 9.17) is 19.7 Å². The van der Waals surface area contributed by atoms with Crippen LogP contribution in [0.25, 0.3) is 10.9 Å². The van der Waals surface area contributed by atoms with Crippen LogP contribution in [0.5, 0.6) is 11.5 Å². The average Bonchev–Trinajstić information content (AvgIpc) is 3.26. The highest BCUT2D eigenvalue weighted by Gasteiger charge is 2.22. The minimum absolute atomic E-state index is 0.482. The molecule has 10 heteroatoms. The van der Waals surface area contributed by atoms with E-state index < -0.39 is 18.0 Å². The first-order chi connectivity index (χ1) is 20.8. The third kappa shape index (κ3) is 8.37. The molecule has 1 atom stereocenters. The summed E-state index contributed by atoms with van der Waals surface area (Å²) in [4.78, 5) is 21.4. The van der Waals surface area contributed by atoms with Gasteiger partial charge >= 0.3 is 11.9 Å². The molecule has 10 nitrogen and oxygen atoms in total. The molecule has 0 radical (unpaired) electrons. The lowest BCUT2D eigenvalue weighted by molar-refractivity contribution is -0.134. The fraction of sp³-hybridized carbons (Fsp3) is 0.273. The number of anilines is 1. The molecule has 1 aliphatic heterocycles. The van der Waals surface area contributed by atoms with Gasteiger partial charge in [0.1, 0.15) is 0 Å². The second-order valence-corrected chi connectivity index (χ2v) is 10.1. The van der Waals surface area contributed by atoms with Crippen LogP contribution in [-0.4, -0.2) is 71.8 Å². The SMILES string of the molecule is COc1ccc(CCNCC(O)CN2Cc3cc4ccccc4n3Cc3ccccc32)cc1OC.O=C(O)C=CC(=O)O.